The SMILES string of the molecule is C=CCCC1(C(=O)OCC)CCCCOC1=O. The highest BCUT2D eigenvalue weighted by Crippen LogP contribution is 2.36. The Kier molecular flexibility index (Phi) is 5.19. The quantitative estimate of drug-likeness (QED) is 0.420. The number of hydrogen-bond acceptors (Lipinski definition) is 4. The Bertz CT molecular complexity index is 298. The molecule has 0 aromatic carbocycles. The lowest BCUT2D eigenvalue weighted by Crippen LogP contribution is -2.41. The molecule has 1 unspecified atom stereocenters. The van der Waals surface area contributed by atoms with Crippen molar-refractivity contribution in [1.82, 2.24) is 0 Å². The molecule has 0 amide bonds. The summed E-state index contributed by atoms with van der Waals surface area (Å²) in [7, 11) is 0. The van der Waals surface area contributed by atoms with Gasteiger partial charge in [-0.25, -0.2) is 0 Å². The third kappa shape index (κ3) is 3.08. The van der Waals surface area contributed by atoms with Gasteiger partial charge in [-0.3, -0.25) is 9.59 Å². The topological polar surface area (TPSA) is 52.6 Å². The fourth-order valence-electron chi connectivity index (χ4n) is 2.07. The molecule has 1 fully saturated rings. The Morgan fingerprint density at radius 2 is 2.35 bits per heavy atom. The zero-order valence-electron chi connectivity index (χ0n) is 10.4. The normalized spacial score (nSPS) is 24.6. The van der Waals surface area contributed by atoms with Crippen LogP contribution in [0.15, 0.2) is 12.7 Å². The van der Waals surface area contributed by atoms with Crippen LogP contribution in [0.2, 0.25) is 0 Å². The third-order valence-electron chi connectivity index (χ3n) is 3.06. The number of rotatable bonds is 5. The Hall–Kier alpha value is -1.32. The van der Waals surface area contributed by atoms with Crippen LogP contribution in [-0.4, -0.2) is 25.2 Å². The number of allylic oxidation sites excluding steroid dienone is 1. The largest absolute Gasteiger partial charge is 0.465 e. The van der Waals surface area contributed by atoms with Gasteiger partial charge in [0.1, 0.15) is 0 Å². The molecule has 0 aliphatic carbocycles. The Labute approximate surface area is 102 Å². The van der Waals surface area contributed by atoms with Gasteiger partial charge in [-0.2, -0.15) is 0 Å². The molecule has 0 bridgehead atoms. The smallest absolute Gasteiger partial charge is 0.323 e. The van der Waals surface area contributed by atoms with Crippen molar-refractivity contribution in [2.75, 3.05) is 13.2 Å². The van der Waals surface area contributed by atoms with E-state index in [0.29, 0.717) is 25.9 Å². The maximum Gasteiger partial charge on any atom is 0.323 e. The van der Waals surface area contributed by atoms with Crippen molar-refractivity contribution in [3.05, 3.63) is 12.7 Å². The number of esters is 2. The van der Waals surface area contributed by atoms with Crippen molar-refractivity contribution in [2.24, 2.45) is 5.41 Å². The Morgan fingerprint density at radius 3 is 3.00 bits per heavy atom. The van der Waals surface area contributed by atoms with E-state index in [1.54, 1.807) is 13.0 Å². The summed E-state index contributed by atoms with van der Waals surface area (Å²) in [6.45, 7) is 6.04. The molecule has 1 saturated heterocycles. The molecule has 0 aromatic heterocycles. The molecule has 1 aliphatic rings. The number of carbonyl (C=O) groups is 2. The van der Waals surface area contributed by atoms with Crippen molar-refractivity contribution in [2.45, 2.75) is 39.0 Å². The highest BCUT2D eigenvalue weighted by molar-refractivity contribution is 6.00. The van der Waals surface area contributed by atoms with Gasteiger partial charge < -0.3 is 9.47 Å². The number of ether oxygens (including phenoxy) is 2. The first-order valence-electron chi connectivity index (χ1n) is 6.12. The van der Waals surface area contributed by atoms with E-state index in [-0.39, 0.29) is 6.61 Å². The second-order valence-corrected chi connectivity index (χ2v) is 4.22. The highest BCUT2D eigenvalue weighted by Gasteiger charge is 2.48. The standard InChI is InChI=1S/C13H20O4/c1-3-5-8-13(11(14)16-4-2)9-6-7-10-17-12(13)15/h3H,1,4-10H2,2H3. The summed E-state index contributed by atoms with van der Waals surface area (Å²) in [5.74, 6) is -0.885. The summed E-state index contributed by atoms with van der Waals surface area (Å²) in [5.41, 5.74) is -1.11. The summed E-state index contributed by atoms with van der Waals surface area (Å²) in [5, 5.41) is 0. The second-order valence-electron chi connectivity index (χ2n) is 4.22. The van der Waals surface area contributed by atoms with Gasteiger partial charge in [0.05, 0.1) is 13.2 Å². The predicted molar refractivity (Wildman–Crippen MR) is 63.3 cm³/mol. The molecule has 17 heavy (non-hydrogen) atoms. The van der Waals surface area contributed by atoms with Crippen molar-refractivity contribution < 1.29 is 19.1 Å². The average molecular weight is 240 g/mol. The number of cyclic esters (lactones) is 1. The van der Waals surface area contributed by atoms with Gasteiger partial charge >= 0.3 is 11.9 Å². The van der Waals surface area contributed by atoms with E-state index >= 15 is 0 Å². The Morgan fingerprint density at radius 1 is 1.59 bits per heavy atom. The summed E-state index contributed by atoms with van der Waals surface area (Å²) in [4.78, 5) is 24.0. The van der Waals surface area contributed by atoms with E-state index in [4.69, 9.17) is 9.47 Å². The lowest BCUT2D eigenvalue weighted by atomic mass is 9.79. The minimum atomic E-state index is -1.11. The molecule has 0 spiro atoms. The van der Waals surface area contributed by atoms with Gasteiger partial charge in [0.2, 0.25) is 0 Å². The van der Waals surface area contributed by atoms with Crippen LogP contribution in [0.3, 0.4) is 0 Å². The van der Waals surface area contributed by atoms with E-state index in [0.717, 1.165) is 12.8 Å². The lowest BCUT2D eigenvalue weighted by molar-refractivity contribution is -0.172. The van der Waals surface area contributed by atoms with Gasteiger partial charge in [-0.1, -0.05) is 6.08 Å². The van der Waals surface area contributed by atoms with E-state index in [1.165, 1.54) is 0 Å². The Balaban J connectivity index is 2.91. The van der Waals surface area contributed by atoms with E-state index in [1.807, 2.05) is 0 Å². The zero-order valence-corrected chi connectivity index (χ0v) is 10.4. The maximum absolute atomic E-state index is 12.0. The summed E-state index contributed by atoms with van der Waals surface area (Å²) >= 11 is 0. The first-order chi connectivity index (χ1) is 8.17. The predicted octanol–water partition coefficient (Wildman–Crippen LogP) is 2.23. The molecule has 96 valence electrons. The first-order valence-corrected chi connectivity index (χ1v) is 6.12. The summed E-state index contributed by atoms with van der Waals surface area (Å²) in [6.07, 6.45) is 4.86. The number of hydrogen-bond donors (Lipinski definition) is 0. The van der Waals surface area contributed by atoms with Crippen LogP contribution in [-0.2, 0) is 19.1 Å². The average Bonchev–Trinajstić information content (AvgIpc) is 2.50. The second kappa shape index (κ2) is 6.42. The van der Waals surface area contributed by atoms with Crippen LogP contribution in [0.25, 0.3) is 0 Å². The molecule has 1 aliphatic heterocycles. The molecule has 1 rings (SSSR count). The molecule has 0 saturated carbocycles. The summed E-state index contributed by atoms with van der Waals surface area (Å²) in [6, 6.07) is 0. The molecule has 0 N–H and O–H groups in total. The third-order valence-corrected chi connectivity index (χ3v) is 3.06. The van der Waals surface area contributed by atoms with Crippen LogP contribution >= 0.6 is 0 Å². The summed E-state index contributed by atoms with van der Waals surface area (Å²) < 4.78 is 10.1. The molecule has 0 radical (unpaired) electrons. The van der Waals surface area contributed by atoms with Crippen LogP contribution < -0.4 is 0 Å². The molecular weight excluding hydrogens is 220 g/mol. The van der Waals surface area contributed by atoms with Crippen molar-refractivity contribution in [1.29, 1.82) is 0 Å². The van der Waals surface area contributed by atoms with Crippen LogP contribution in [0.5, 0.6) is 0 Å². The maximum atomic E-state index is 12.0. The fourth-order valence-corrected chi connectivity index (χ4v) is 2.07. The molecule has 1 atom stereocenters. The van der Waals surface area contributed by atoms with Crippen molar-refractivity contribution >= 4 is 11.9 Å². The molecule has 4 heteroatoms. The monoisotopic (exact) mass is 240 g/mol. The number of carbonyl (C=O) groups excluding carboxylic acids is 2. The zero-order chi connectivity index (χ0) is 12.7. The van der Waals surface area contributed by atoms with Crippen molar-refractivity contribution in [3.63, 3.8) is 0 Å². The fraction of sp³-hybridized carbons (Fsp3) is 0.692. The van der Waals surface area contributed by atoms with Crippen LogP contribution in [0, 0.1) is 5.41 Å². The van der Waals surface area contributed by atoms with Crippen LogP contribution in [0.1, 0.15) is 39.0 Å². The minimum absolute atomic E-state index is 0.280. The van der Waals surface area contributed by atoms with E-state index < -0.39 is 17.4 Å². The van der Waals surface area contributed by atoms with E-state index in [2.05, 4.69) is 6.58 Å². The first kappa shape index (κ1) is 13.7. The molecule has 1 heterocycles. The lowest BCUT2D eigenvalue weighted by Gasteiger charge is -2.26. The van der Waals surface area contributed by atoms with Gasteiger partial charge in [0.15, 0.2) is 5.41 Å². The van der Waals surface area contributed by atoms with Gasteiger partial charge in [-0.05, 0) is 39.0 Å². The van der Waals surface area contributed by atoms with Crippen LogP contribution in [0.4, 0.5) is 0 Å². The van der Waals surface area contributed by atoms with E-state index in [9.17, 15) is 9.59 Å². The van der Waals surface area contributed by atoms with Gasteiger partial charge in [-0.15, -0.1) is 6.58 Å². The van der Waals surface area contributed by atoms with Gasteiger partial charge in [0, 0.05) is 0 Å². The van der Waals surface area contributed by atoms with Gasteiger partial charge in [0.25, 0.3) is 0 Å². The molecular formula is C13H20O4. The van der Waals surface area contributed by atoms with Crippen molar-refractivity contribution in [3.8, 4) is 0 Å². The highest BCUT2D eigenvalue weighted by atomic mass is 16.6. The minimum Gasteiger partial charge on any atom is -0.465 e. The molecule has 0 aromatic rings. The molecule has 4 nitrogen and oxygen atoms in total.